The van der Waals surface area contributed by atoms with Gasteiger partial charge >= 0.3 is 0 Å². The van der Waals surface area contributed by atoms with Crippen LogP contribution in [0.3, 0.4) is 0 Å². The van der Waals surface area contributed by atoms with Gasteiger partial charge in [0.05, 0.1) is 7.11 Å². The summed E-state index contributed by atoms with van der Waals surface area (Å²) in [5.74, 6) is 0.481. The monoisotopic (exact) mass is 220 g/mol. The molecular formula is C12H16N2O2. The number of ether oxygens (including phenoxy) is 1. The van der Waals surface area contributed by atoms with Gasteiger partial charge in [0.25, 0.3) is 5.91 Å². The maximum atomic E-state index is 12.2. The Morgan fingerprint density at radius 2 is 2.19 bits per heavy atom. The van der Waals surface area contributed by atoms with Gasteiger partial charge in [0.15, 0.2) is 0 Å². The molecule has 0 spiro atoms. The van der Waals surface area contributed by atoms with E-state index in [0.29, 0.717) is 23.0 Å². The molecule has 0 saturated heterocycles. The number of nitrogens with two attached hydrogens (primary N) is 1. The first-order chi connectivity index (χ1) is 7.65. The van der Waals surface area contributed by atoms with Crippen molar-refractivity contribution in [1.82, 2.24) is 4.90 Å². The SMILES string of the molecule is COc1cccc(N)c1C(=O)N(C)C1CC1. The minimum absolute atomic E-state index is 0.0579. The van der Waals surface area contributed by atoms with E-state index >= 15 is 0 Å². The standard InChI is InChI=1S/C12H16N2O2/c1-14(8-6-7-8)12(15)11-9(13)4-3-5-10(11)16-2/h3-5,8H,6-7,13H2,1-2H3. The molecular weight excluding hydrogens is 204 g/mol. The fraction of sp³-hybridized carbons (Fsp3) is 0.417. The van der Waals surface area contributed by atoms with Gasteiger partial charge in [0, 0.05) is 18.8 Å². The van der Waals surface area contributed by atoms with Gasteiger partial charge in [-0.3, -0.25) is 4.79 Å². The molecule has 1 aliphatic rings. The summed E-state index contributed by atoms with van der Waals surface area (Å²) in [7, 11) is 3.36. The number of hydrogen-bond acceptors (Lipinski definition) is 3. The Morgan fingerprint density at radius 1 is 1.50 bits per heavy atom. The van der Waals surface area contributed by atoms with Crippen LogP contribution in [0.25, 0.3) is 0 Å². The fourth-order valence-electron chi connectivity index (χ4n) is 1.75. The first-order valence-corrected chi connectivity index (χ1v) is 5.34. The van der Waals surface area contributed by atoms with E-state index in [2.05, 4.69) is 0 Å². The van der Waals surface area contributed by atoms with Crippen molar-refractivity contribution in [3.05, 3.63) is 23.8 Å². The largest absolute Gasteiger partial charge is 0.496 e. The third kappa shape index (κ3) is 1.83. The zero-order chi connectivity index (χ0) is 11.7. The van der Waals surface area contributed by atoms with Gasteiger partial charge in [-0.1, -0.05) is 6.07 Å². The third-order valence-corrected chi connectivity index (χ3v) is 2.91. The van der Waals surface area contributed by atoms with Crippen LogP contribution in [0.5, 0.6) is 5.75 Å². The molecule has 0 aliphatic heterocycles. The average molecular weight is 220 g/mol. The van der Waals surface area contributed by atoms with Crippen LogP contribution in [-0.2, 0) is 0 Å². The highest BCUT2D eigenvalue weighted by Gasteiger charge is 2.32. The zero-order valence-electron chi connectivity index (χ0n) is 9.56. The van der Waals surface area contributed by atoms with E-state index in [1.54, 1.807) is 30.2 Å². The minimum Gasteiger partial charge on any atom is -0.496 e. The van der Waals surface area contributed by atoms with E-state index in [1.165, 1.54) is 0 Å². The average Bonchev–Trinajstić information content (AvgIpc) is 3.10. The lowest BCUT2D eigenvalue weighted by Crippen LogP contribution is -2.29. The van der Waals surface area contributed by atoms with Crippen LogP contribution in [0.2, 0.25) is 0 Å². The summed E-state index contributed by atoms with van der Waals surface area (Å²) in [6.07, 6.45) is 2.16. The fourth-order valence-corrected chi connectivity index (χ4v) is 1.75. The van der Waals surface area contributed by atoms with Crippen molar-refractivity contribution < 1.29 is 9.53 Å². The number of nitrogens with zero attached hydrogens (tertiary/aromatic N) is 1. The Morgan fingerprint density at radius 3 is 2.75 bits per heavy atom. The Bertz CT molecular complexity index is 413. The molecule has 1 amide bonds. The van der Waals surface area contributed by atoms with Crippen LogP contribution in [0, 0.1) is 0 Å². The third-order valence-electron chi connectivity index (χ3n) is 2.91. The van der Waals surface area contributed by atoms with Crippen LogP contribution in [-0.4, -0.2) is 31.0 Å². The number of benzene rings is 1. The van der Waals surface area contributed by atoms with Gasteiger partial charge < -0.3 is 15.4 Å². The number of nitrogen functional groups attached to an aromatic ring is 1. The van der Waals surface area contributed by atoms with Crippen LogP contribution >= 0.6 is 0 Å². The number of methoxy groups -OCH3 is 1. The highest BCUT2D eigenvalue weighted by atomic mass is 16.5. The molecule has 2 rings (SSSR count). The zero-order valence-corrected chi connectivity index (χ0v) is 9.56. The predicted octanol–water partition coefficient (Wildman–Crippen LogP) is 1.51. The lowest BCUT2D eigenvalue weighted by molar-refractivity contribution is 0.0783. The van der Waals surface area contributed by atoms with E-state index in [1.807, 2.05) is 7.05 Å². The van der Waals surface area contributed by atoms with Crippen LogP contribution in [0.1, 0.15) is 23.2 Å². The molecule has 2 N–H and O–H groups in total. The van der Waals surface area contributed by atoms with Crippen LogP contribution in [0.15, 0.2) is 18.2 Å². The van der Waals surface area contributed by atoms with Crippen molar-refractivity contribution >= 4 is 11.6 Å². The molecule has 1 fully saturated rings. The normalized spacial score (nSPS) is 14.6. The van der Waals surface area contributed by atoms with Crippen LogP contribution < -0.4 is 10.5 Å². The molecule has 86 valence electrons. The van der Waals surface area contributed by atoms with Gasteiger partial charge in [0.2, 0.25) is 0 Å². The maximum Gasteiger partial charge on any atom is 0.259 e. The quantitative estimate of drug-likeness (QED) is 0.785. The molecule has 0 heterocycles. The highest BCUT2D eigenvalue weighted by Crippen LogP contribution is 2.31. The first kappa shape index (κ1) is 10.8. The Hall–Kier alpha value is -1.71. The second kappa shape index (κ2) is 4.04. The second-order valence-corrected chi connectivity index (χ2v) is 4.07. The van der Waals surface area contributed by atoms with E-state index in [-0.39, 0.29) is 5.91 Å². The van der Waals surface area contributed by atoms with Gasteiger partial charge in [0.1, 0.15) is 11.3 Å². The van der Waals surface area contributed by atoms with Gasteiger partial charge in [-0.25, -0.2) is 0 Å². The van der Waals surface area contributed by atoms with E-state index in [9.17, 15) is 4.79 Å². The lowest BCUT2D eigenvalue weighted by atomic mass is 10.1. The summed E-state index contributed by atoms with van der Waals surface area (Å²) in [5.41, 5.74) is 6.77. The summed E-state index contributed by atoms with van der Waals surface area (Å²) in [5, 5.41) is 0. The highest BCUT2D eigenvalue weighted by molar-refractivity contribution is 6.02. The number of amides is 1. The first-order valence-electron chi connectivity index (χ1n) is 5.34. The van der Waals surface area contributed by atoms with E-state index in [0.717, 1.165) is 12.8 Å². The van der Waals surface area contributed by atoms with Crippen LogP contribution in [0.4, 0.5) is 5.69 Å². The number of anilines is 1. The Balaban J connectivity index is 2.34. The molecule has 1 aromatic rings. The topological polar surface area (TPSA) is 55.6 Å². The van der Waals surface area contributed by atoms with Crippen molar-refractivity contribution in [2.45, 2.75) is 18.9 Å². The number of carbonyl (C=O) groups excluding carboxylic acids is 1. The molecule has 4 nitrogen and oxygen atoms in total. The summed E-state index contributed by atoms with van der Waals surface area (Å²) < 4.78 is 5.17. The predicted molar refractivity (Wildman–Crippen MR) is 62.5 cm³/mol. The molecule has 0 atom stereocenters. The summed E-state index contributed by atoms with van der Waals surface area (Å²) in [6, 6.07) is 5.62. The summed E-state index contributed by atoms with van der Waals surface area (Å²) >= 11 is 0. The molecule has 0 bridgehead atoms. The van der Waals surface area contributed by atoms with Crippen molar-refractivity contribution in [1.29, 1.82) is 0 Å². The second-order valence-electron chi connectivity index (χ2n) is 4.07. The number of rotatable bonds is 3. The molecule has 1 aromatic carbocycles. The summed E-state index contributed by atoms with van der Waals surface area (Å²) in [6.45, 7) is 0. The van der Waals surface area contributed by atoms with Gasteiger partial charge in [-0.05, 0) is 25.0 Å². The minimum atomic E-state index is -0.0579. The number of hydrogen-bond donors (Lipinski definition) is 1. The molecule has 1 saturated carbocycles. The Labute approximate surface area is 95.0 Å². The van der Waals surface area contributed by atoms with Crippen molar-refractivity contribution in [3.8, 4) is 5.75 Å². The molecule has 0 unspecified atom stereocenters. The molecule has 4 heteroatoms. The maximum absolute atomic E-state index is 12.2. The van der Waals surface area contributed by atoms with Gasteiger partial charge in [-0.2, -0.15) is 0 Å². The lowest BCUT2D eigenvalue weighted by Gasteiger charge is -2.19. The van der Waals surface area contributed by atoms with Crippen molar-refractivity contribution in [2.24, 2.45) is 0 Å². The molecule has 16 heavy (non-hydrogen) atoms. The smallest absolute Gasteiger partial charge is 0.259 e. The summed E-state index contributed by atoms with van der Waals surface area (Å²) in [4.78, 5) is 13.9. The van der Waals surface area contributed by atoms with Crippen molar-refractivity contribution in [2.75, 3.05) is 19.9 Å². The molecule has 0 aromatic heterocycles. The molecule has 0 radical (unpaired) electrons. The van der Waals surface area contributed by atoms with E-state index < -0.39 is 0 Å². The molecule has 1 aliphatic carbocycles. The van der Waals surface area contributed by atoms with Gasteiger partial charge in [-0.15, -0.1) is 0 Å². The Kier molecular flexibility index (Phi) is 2.73. The van der Waals surface area contributed by atoms with E-state index in [4.69, 9.17) is 10.5 Å². The van der Waals surface area contributed by atoms with Crippen molar-refractivity contribution in [3.63, 3.8) is 0 Å². The number of carbonyl (C=O) groups is 1.